The SMILES string of the molecule is CCCCCCCCCCCCC/C=C(\F)CC(NC(=O)c1ccccc1)(C(=O)O)c1ccccc1. The fourth-order valence-corrected chi connectivity index (χ4v) is 4.44. The van der Waals surface area contributed by atoms with Crippen LogP contribution in [-0.4, -0.2) is 17.0 Å². The first kappa shape index (κ1) is 29.3. The Morgan fingerprint density at radius 2 is 1.31 bits per heavy atom. The summed E-state index contributed by atoms with van der Waals surface area (Å²) in [6.07, 6.45) is 15.0. The molecule has 0 aliphatic carbocycles. The predicted molar refractivity (Wildman–Crippen MR) is 145 cm³/mol. The number of benzene rings is 2. The summed E-state index contributed by atoms with van der Waals surface area (Å²) in [5, 5.41) is 12.8. The Kier molecular flexibility index (Phi) is 13.6. The van der Waals surface area contributed by atoms with Gasteiger partial charge in [-0.3, -0.25) is 4.79 Å². The van der Waals surface area contributed by atoms with Gasteiger partial charge in [0.15, 0.2) is 5.54 Å². The molecule has 196 valence electrons. The third-order valence-corrected chi connectivity index (χ3v) is 6.60. The molecule has 0 bridgehead atoms. The Balaban J connectivity index is 1.91. The normalized spacial score (nSPS) is 13.2. The van der Waals surface area contributed by atoms with Gasteiger partial charge in [0.2, 0.25) is 0 Å². The van der Waals surface area contributed by atoms with E-state index in [4.69, 9.17) is 0 Å². The molecule has 0 aromatic heterocycles. The third-order valence-electron chi connectivity index (χ3n) is 6.60. The second-order valence-corrected chi connectivity index (χ2v) is 9.55. The first-order chi connectivity index (χ1) is 17.5. The zero-order chi connectivity index (χ0) is 26.1. The second kappa shape index (κ2) is 16.7. The Bertz CT molecular complexity index is 929. The second-order valence-electron chi connectivity index (χ2n) is 9.55. The van der Waals surface area contributed by atoms with E-state index in [2.05, 4.69) is 12.2 Å². The van der Waals surface area contributed by atoms with Crippen molar-refractivity contribution in [3.63, 3.8) is 0 Å². The zero-order valence-electron chi connectivity index (χ0n) is 21.7. The van der Waals surface area contributed by atoms with Gasteiger partial charge in [0, 0.05) is 12.0 Å². The van der Waals surface area contributed by atoms with Gasteiger partial charge in [0.05, 0.1) is 5.83 Å². The molecular formula is C31H42FNO3. The number of rotatable bonds is 18. The Labute approximate surface area is 216 Å². The predicted octanol–water partition coefficient (Wildman–Crippen LogP) is 8.34. The van der Waals surface area contributed by atoms with Crippen LogP contribution in [0.3, 0.4) is 0 Å². The molecule has 0 fully saturated rings. The molecule has 1 unspecified atom stereocenters. The van der Waals surface area contributed by atoms with Gasteiger partial charge in [-0.15, -0.1) is 0 Å². The molecule has 2 aromatic carbocycles. The van der Waals surface area contributed by atoms with Crippen LogP contribution in [0.15, 0.2) is 72.6 Å². The van der Waals surface area contributed by atoms with Crippen LogP contribution in [0, 0.1) is 0 Å². The molecule has 0 saturated heterocycles. The maximum absolute atomic E-state index is 15.0. The summed E-state index contributed by atoms with van der Waals surface area (Å²) >= 11 is 0. The number of nitrogens with one attached hydrogen (secondary N) is 1. The average Bonchev–Trinajstić information content (AvgIpc) is 2.89. The maximum atomic E-state index is 15.0. The van der Waals surface area contributed by atoms with Crippen LogP contribution in [0.4, 0.5) is 4.39 Å². The van der Waals surface area contributed by atoms with E-state index in [-0.39, 0.29) is 0 Å². The number of carbonyl (C=O) groups is 2. The van der Waals surface area contributed by atoms with Gasteiger partial charge in [-0.25, -0.2) is 9.18 Å². The summed E-state index contributed by atoms with van der Waals surface area (Å²) < 4.78 is 15.0. The number of hydrogen-bond donors (Lipinski definition) is 2. The quantitative estimate of drug-likeness (QED) is 0.204. The van der Waals surface area contributed by atoms with Gasteiger partial charge in [-0.05, 0) is 30.5 Å². The highest BCUT2D eigenvalue weighted by atomic mass is 19.1. The lowest BCUT2D eigenvalue weighted by molar-refractivity contribution is -0.145. The van der Waals surface area contributed by atoms with Crippen molar-refractivity contribution in [2.75, 3.05) is 0 Å². The van der Waals surface area contributed by atoms with Gasteiger partial charge >= 0.3 is 5.97 Å². The number of carboxylic acids is 1. The van der Waals surface area contributed by atoms with E-state index < -0.39 is 29.7 Å². The van der Waals surface area contributed by atoms with Crippen molar-refractivity contribution in [3.05, 3.63) is 83.7 Å². The van der Waals surface area contributed by atoms with Crippen molar-refractivity contribution < 1.29 is 19.1 Å². The van der Waals surface area contributed by atoms with Gasteiger partial charge in [0.1, 0.15) is 0 Å². The highest BCUT2D eigenvalue weighted by Gasteiger charge is 2.43. The molecule has 0 radical (unpaired) electrons. The average molecular weight is 496 g/mol. The molecule has 1 atom stereocenters. The summed E-state index contributed by atoms with van der Waals surface area (Å²) in [5.74, 6) is -2.38. The standard InChI is InChI=1S/C31H42FNO3/c1-2-3-4-5-6-7-8-9-10-11-12-19-24-28(32)25-31(30(35)36,27-22-17-14-18-23-27)33-29(34)26-20-15-13-16-21-26/h13-18,20-24H,2-12,19,25H2,1H3,(H,33,34)(H,35,36)/b28-24-. The smallest absolute Gasteiger partial charge is 0.334 e. The summed E-state index contributed by atoms with van der Waals surface area (Å²) in [6.45, 7) is 2.23. The molecule has 0 aliphatic rings. The van der Waals surface area contributed by atoms with E-state index in [1.807, 2.05) is 0 Å². The maximum Gasteiger partial charge on any atom is 0.334 e. The minimum Gasteiger partial charge on any atom is -0.479 e. The van der Waals surface area contributed by atoms with E-state index in [9.17, 15) is 14.7 Å². The van der Waals surface area contributed by atoms with Crippen molar-refractivity contribution in [2.24, 2.45) is 0 Å². The number of allylic oxidation sites excluding steroid dienone is 1. The number of hydrogen-bond acceptors (Lipinski definition) is 2. The van der Waals surface area contributed by atoms with Crippen LogP contribution in [0.5, 0.6) is 0 Å². The molecular weight excluding hydrogens is 453 g/mol. The monoisotopic (exact) mass is 495 g/mol. The highest BCUT2D eigenvalue weighted by molar-refractivity contribution is 5.98. The molecule has 4 nitrogen and oxygen atoms in total. The van der Waals surface area contributed by atoms with Crippen molar-refractivity contribution in [1.82, 2.24) is 5.32 Å². The van der Waals surface area contributed by atoms with E-state index in [0.717, 1.165) is 19.3 Å². The number of unbranched alkanes of at least 4 members (excludes halogenated alkanes) is 11. The van der Waals surface area contributed by atoms with Crippen LogP contribution in [0.25, 0.3) is 0 Å². The van der Waals surface area contributed by atoms with Crippen molar-refractivity contribution in [3.8, 4) is 0 Å². The van der Waals surface area contributed by atoms with Crippen molar-refractivity contribution >= 4 is 11.9 Å². The fraction of sp³-hybridized carbons (Fsp3) is 0.484. The largest absolute Gasteiger partial charge is 0.479 e. The highest BCUT2D eigenvalue weighted by Crippen LogP contribution is 2.31. The number of carboxylic acid groups (broad SMARTS) is 1. The number of aliphatic carboxylic acids is 1. The first-order valence-electron chi connectivity index (χ1n) is 13.5. The van der Waals surface area contributed by atoms with Crippen molar-refractivity contribution in [2.45, 2.75) is 95.9 Å². The van der Waals surface area contributed by atoms with Gasteiger partial charge < -0.3 is 10.4 Å². The van der Waals surface area contributed by atoms with Crippen LogP contribution < -0.4 is 5.32 Å². The molecule has 36 heavy (non-hydrogen) atoms. The van der Waals surface area contributed by atoms with Gasteiger partial charge in [-0.1, -0.05) is 126 Å². The fourth-order valence-electron chi connectivity index (χ4n) is 4.44. The lowest BCUT2D eigenvalue weighted by Gasteiger charge is -2.31. The molecule has 0 spiro atoms. The number of halogens is 1. The van der Waals surface area contributed by atoms with Crippen LogP contribution >= 0.6 is 0 Å². The number of amides is 1. The molecule has 2 aromatic rings. The summed E-state index contributed by atoms with van der Waals surface area (Å²) in [5.41, 5.74) is -1.24. The van der Waals surface area contributed by atoms with Gasteiger partial charge in [0.25, 0.3) is 5.91 Å². The van der Waals surface area contributed by atoms with Gasteiger partial charge in [-0.2, -0.15) is 0 Å². The molecule has 0 saturated carbocycles. The molecule has 2 N–H and O–H groups in total. The summed E-state index contributed by atoms with van der Waals surface area (Å²) in [4.78, 5) is 25.4. The minimum atomic E-state index is -1.90. The van der Waals surface area contributed by atoms with Crippen LogP contribution in [0.1, 0.15) is 106 Å². The zero-order valence-corrected chi connectivity index (χ0v) is 21.7. The van der Waals surface area contributed by atoms with E-state index in [1.165, 1.54) is 57.4 Å². The topological polar surface area (TPSA) is 66.4 Å². The molecule has 2 rings (SSSR count). The Morgan fingerprint density at radius 3 is 1.83 bits per heavy atom. The molecule has 1 amide bonds. The van der Waals surface area contributed by atoms with Crippen LogP contribution in [0.2, 0.25) is 0 Å². The third kappa shape index (κ3) is 9.96. The first-order valence-corrected chi connectivity index (χ1v) is 13.5. The minimum absolute atomic E-state index is 0.324. The van der Waals surface area contributed by atoms with Crippen molar-refractivity contribution in [1.29, 1.82) is 0 Å². The summed E-state index contributed by atoms with van der Waals surface area (Å²) in [7, 11) is 0. The van der Waals surface area contributed by atoms with E-state index in [1.54, 1.807) is 60.7 Å². The lowest BCUT2D eigenvalue weighted by atomic mass is 9.85. The molecule has 0 heterocycles. The molecule has 5 heteroatoms. The van der Waals surface area contributed by atoms with E-state index in [0.29, 0.717) is 17.5 Å². The number of carbonyl (C=O) groups excluding carboxylic acids is 1. The lowest BCUT2D eigenvalue weighted by Crippen LogP contribution is -2.52. The Hall–Kier alpha value is -2.95. The van der Waals surface area contributed by atoms with Crippen LogP contribution in [-0.2, 0) is 10.3 Å². The molecule has 0 aliphatic heterocycles. The summed E-state index contributed by atoms with van der Waals surface area (Å²) in [6, 6.07) is 16.7. The van der Waals surface area contributed by atoms with E-state index >= 15 is 4.39 Å². The Morgan fingerprint density at radius 1 is 0.806 bits per heavy atom.